The maximum absolute atomic E-state index is 16.3. The molecule has 0 saturated heterocycles. The van der Waals surface area contributed by atoms with Crippen molar-refractivity contribution in [1.29, 1.82) is 0 Å². The summed E-state index contributed by atoms with van der Waals surface area (Å²) in [6.45, 7) is 0.316. The molecular formula is C31H31BrFN3O7. The molecule has 10 nitrogen and oxygen atoms in total. The molecule has 0 saturated carbocycles. The second-order valence-electron chi connectivity index (χ2n) is 11.9. The maximum atomic E-state index is 16.3. The van der Waals surface area contributed by atoms with Crippen molar-refractivity contribution in [3.05, 3.63) is 85.5 Å². The second kappa shape index (κ2) is 10.5. The lowest BCUT2D eigenvalue weighted by Crippen LogP contribution is -2.59. The van der Waals surface area contributed by atoms with E-state index in [-0.39, 0.29) is 64.2 Å². The van der Waals surface area contributed by atoms with Crippen molar-refractivity contribution < 1.29 is 38.6 Å². The van der Waals surface area contributed by atoms with E-state index in [9.17, 15) is 24.9 Å². The van der Waals surface area contributed by atoms with E-state index in [4.69, 9.17) is 9.26 Å². The quantitative estimate of drug-likeness (QED) is 0.352. The van der Waals surface area contributed by atoms with Crippen LogP contribution in [0.1, 0.15) is 55.6 Å². The molecule has 3 aliphatic carbocycles. The number of hydrogen-bond acceptors (Lipinski definition) is 10. The van der Waals surface area contributed by atoms with Gasteiger partial charge in [-0.25, -0.2) is 4.39 Å². The third-order valence-corrected chi connectivity index (χ3v) is 9.56. The summed E-state index contributed by atoms with van der Waals surface area (Å²) >= 11 is 3.49. The maximum Gasteiger partial charge on any atom is 0.263 e. The summed E-state index contributed by atoms with van der Waals surface area (Å²) < 4.78 is 28.1. The number of aromatic nitrogens is 1. The van der Waals surface area contributed by atoms with Crippen molar-refractivity contribution in [2.24, 2.45) is 11.8 Å². The van der Waals surface area contributed by atoms with Gasteiger partial charge in [-0.2, -0.15) is 0 Å². The normalized spacial score (nSPS) is 24.6. The van der Waals surface area contributed by atoms with E-state index >= 15 is 4.39 Å². The fourth-order valence-corrected chi connectivity index (χ4v) is 7.48. The number of fused-ring (bicyclic) bond motifs is 4. The Kier molecular flexibility index (Phi) is 7.23. The molecule has 0 amide bonds. The average Bonchev–Trinajstić information content (AvgIpc) is 3.34. The fraction of sp³-hybridized carbons (Fsp3) is 0.387. The van der Waals surface area contributed by atoms with Crippen molar-refractivity contribution in [1.82, 2.24) is 15.0 Å². The summed E-state index contributed by atoms with van der Waals surface area (Å²) in [5.74, 6) is -5.34. The number of allylic oxidation sites excluding steroid dienone is 1. The van der Waals surface area contributed by atoms with Gasteiger partial charge in [-0.3, -0.25) is 14.5 Å². The highest BCUT2D eigenvalue weighted by Crippen LogP contribution is 2.57. The molecule has 43 heavy (non-hydrogen) atoms. The van der Waals surface area contributed by atoms with E-state index in [0.717, 1.165) is 5.56 Å². The highest BCUT2D eigenvalue weighted by molar-refractivity contribution is 9.10. The number of ether oxygens (including phenoxy) is 1. The van der Waals surface area contributed by atoms with Crippen LogP contribution in [0.2, 0.25) is 0 Å². The van der Waals surface area contributed by atoms with Gasteiger partial charge in [-0.05, 0) is 73.6 Å². The molecule has 0 spiro atoms. The number of benzene rings is 2. The van der Waals surface area contributed by atoms with Gasteiger partial charge >= 0.3 is 0 Å². The summed E-state index contributed by atoms with van der Waals surface area (Å²) in [6, 6.07) is 8.50. The van der Waals surface area contributed by atoms with Crippen LogP contribution in [0.5, 0.6) is 11.6 Å². The zero-order chi connectivity index (χ0) is 31.0. The van der Waals surface area contributed by atoms with Crippen LogP contribution in [0.25, 0.3) is 0 Å². The van der Waals surface area contributed by atoms with Crippen molar-refractivity contribution in [2.75, 3.05) is 28.2 Å². The molecule has 4 atom stereocenters. The Morgan fingerprint density at radius 3 is 2.49 bits per heavy atom. The first-order valence-corrected chi connectivity index (χ1v) is 14.6. The molecule has 1 aromatic heterocycles. The zero-order valence-electron chi connectivity index (χ0n) is 24.0. The largest absolute Gasteiger partial charge is 0.508 e. The monoisotopic (exact) mass is 655 g/mol. The lowest BCUT2D eigenvalue weighted by atomic mass is 9.58. The lowest BCUT2D eigenvalue weighted by molar-refractivity contribution is -0.0559. The van der Waals surface area contributed by atoms with Crippen LogP contribution in [-0.2, 0) is 19.6 Å². The molecule has 6 rings (SSSR count). The number of nitrogens with zero attached hydrogens (tertiary/aromatic N) is 3. The highest BCUT2D eigenvalue weighted by atomic mass is 79.9. The van der Waals surface area contributed by atoms with Gasteiger partial charge in [0, 0.05) is 29.2 Å². The molecule has 1 heterocycles. The van der Waals surface area contributed by atoms with E-state index < -0.39 is 52.5 Å². The van der Waals surface area contributed by atoms with Gasteiger partial charge in [0.15, 0.2) is 17.1 Å². The standard InChI is InChI=1S/C31H31BrFN3O7/c1-35(2)12-17-22(32)26(42-13-14-8-6-5-7-9-14)20-16(23(17)33)10-15-11-18-24(36(3)4)27-21(30(40)34-43-27)29(39)31(18,41)28(38)19(15)25(20)37/h5-9,15,18,24,38,41H,10-13H2,1-4H3,(H,34,40)/t15-,18-,24-,31-/m0/s1. The molecule has 3 aromatic rings. The van der Waals surface area contributed by atoms with Gasteiger partial charge in [0.05, 0.1) is 16.1 Å². The Bertz CT molecular complexity index is 1690. The van der Waals surface area contributed by atoms with E-state index in [0.29, 0.717) is 5.56 Å². The number of carbonyl (C=O) groups is 2. The second-order valence-corrected chi connectivity index (χ2v) is 12.7. The molecule has 0 aliphatic heterocycles. The molecule has 226 valence electrons. The minimum Gasteiger partial charge on any atom is -0.508 e. The van der Waals surface area contributed by atoms with Gasteiger partial charge in [0.1, 0.15) is 29.5 Å². The number of aromatic hydroxyl groups is 1. The molecule has 0 unspecified atom stereocenters. The van der Waals surface area contributed by atoms with Gasteiger partial charge in [-0.15, -0.1) is 0 Å². The van der Waals surface area contributed by atoms with Crippen LogP contribution in [0.15, 0.2) is 50.7 Å². The van der Waals surface area contributed by atoms with Crippen LogP contribution in [-0.4, -0.2) is 75.6 Å². The Balaban J connectivity index is 1.53. The van der Waals surface area contributed by atoms with Crippen LogP contribution in [0, 0.1) is 17.7 Å². The third-order valence-electron chi connectivity index (χ3n) is 8.72. The minimum absolute atomic E-state index is 0.0249. The Morgan fingerprint density at radius 1 is 1.14 bits per heavy atom. The Labute approximate surface area is 255 Å². The lowest BCUT2D eigenvalue weighted by Gasteiger charge is -2.49. The van der Waals surface area contributed by atoms with Crippen LogP contribution < -0.4 is 4.74 Å². The van der Waals surface area contributed by atoms with Gasteiger partial charge in [0.2, 0.25) is 5.78 Å². The summed E-state index contributed by atoms with van der Waals surface area (Å²) in [5, 5.41) is 37.5. The van der Waals surface area contributed by atoms with Crippen LogP contribution in [0.4, 0.5) is 4.39 Å². The van der Waals surface area contributed by atoms with Crippen molar-refractivity contribution in [3.63, 3.8) is 0 Å². The van der Waals surface area contributed by atoms with Gasteiger partial charge in [0.25, 0.3) is 5.88 Å². The van der Waals surface area contributed by atoms with E-state index in [1.165, 1.54) is 0 Å². The van der Waals surface area contributed by atoms with E-state index in [1.807, 2.05) is 30.3 Å². The first-order valence-electron chi connectivity index (χ1n) is 13.8. The summed E-state index contributed by atoms with van der Waals surface area (Å²) in [5.41, 5.74) is -1.83. The zero-order valence-corrected chi connectivity index (χ0v) is 25.6. The number of halogens is 2. The SMILES string of the molecule is CN(C)Cc1c(F)c2c(c(OCc3ccccc3)c1Br)C(=O)C1=C(O)[C@]3(O)C(=O)c4c(O)noc4[C@@H](N(C)C)[C@@H]3C[C@@H]1C2. The number of Topliss-reactive ketones (excluding diaryl/α,β-unsaturated/α-hetero) is 2. The molecule has 2 aromatic carbocycles. The predicted molar refractivity (Wildman–Crippen MR) is 155 cm³/mol. The molecule has 0 radical (unpaired) electrons. The number of hydrogen-bond donors (Lipinski definition) is 3. The number of carbonyl (C=O) groups excluding carboxylic acids is 2. The van der Waals surface area contributed by atoms with Crippen molar-refractivity contribution >= 4 is 27.5 Å². The molecule has 0 fully saturated rings. The minimum atomic E-state index is -2.55. The molecular weight excluding hydrogens is 625 g/mol. The summed E-state index contributed by atoms with van der Waals surface area (Å²) in [4.78, 5) is 31.5. The van der Waals surface area contributed by atoms with Crippen LogP contribution >= 0.6 is 15.9 Å². The summed E-state index contributed by atoms with van der Waals surface area (Å²) in [7, 11) is 7.00. The highest BCUT2D eigenvalue weighted by Gasteiger charge is 2.64. The average molecular weight is 657 g/mol. The Hall–Kier alpha value is -3.58. The van der Waals surface area contributed by atoms with Gasteiger partial charge in [-0.1, -0.05) is 30.3 Å². The number of rotatable bonds is 6. The smallest absolute Gasteiger partial charge is 0.263 e. The predicted octanol–water partition coefficient (Wildman–Crippen LogP) is 4.34. The first kappa shape index (κ1) is 29.5. The number of aliphatic hydroxyl groups is 2. The molecule has 0 bridgehead atoms. The third kappa shape index (κ3) is 4.34. The molecule has 12 heteroatoms. The van der Waals surface area contributed by atoms with E-state index in [2.05, 4.69) is 21.1 Å². The number of aliphatic hydroxyl groups excluding tert-OH is 1. The number of ketones is 2. The molecule has 3 aliphatic rings. The fourth-order valence-electron chi connectivity index (χ4n) is 6.86. The van der Waals surface area contributed by atoms with Crippen LogP contribution in [0.3, 0.4) is 0 Å². The summed E-state index contributed by atoms with van der Waals surface area (Å²) in [6.07, 6.45) is 0.0758. The van der Waals surface area contributed by atoms with Crippen molar-refractivity contribution in [3.8, 4) is 11.6 Å². The first-order chi connectivity index (χ1) is 20.4. The molecule has 3 N–H and O–H groups in total. The van der Waals surface area contributed by atoms with Gasteiger partial charge < -0.3 is 29.5 Å². The Morgan fingerprint density at radius 2 is 1.84 bits per heavy atom. The topological polar surface area (TPSA) is 137 Å². The van der Waals surface area contributed by atoms with E-state index in [1.54, 1.807) is 38.0 Å². The van der Waals surface area contributed by atoms with Crippen molar-refractivity contribution in [2.45, 2.75) is 37.6 Å².